The minimum Gasteiger partial charge on any atom is -0.385 e. The van der Waals surface area contributed by atoms with Gasteiger partial charge in [-0.25, -0.2) is 8.42 Å². The molecular formula is C24H23Br2NO3S. The van der Waals surface area contributed by atoms with E-state index in [-0.39, 0.29) is 19.1 Å². The summed E-state index contributed by atoms with van der Waals surface area (Å²) in [5, 5.41) is 10.5. The third-order valence-corrected chi connectivity index (χ3v) is 8.14. The number of benzene rings is 3. The van der Waals surface area contributed by atoms with Crippen LogP contribution in [0.25, 0.3) is 0 Å². The second kappa shape index (κ2) is 8.79. The highest BCUT2D eigenvalue weighted by molar-refractivity contribution is 9.11. The molecule has 0 saturated carbocycles. The summed E-state index contributed by atoms with van der Waals surface area (Å²) in [4.78, 5) is 2.13. The molecule has 4 rings (SSSR count). The molecule has 3 aromatic rings. The van der Waals surface area contributed by atoms with Crippen molar-refractivity contribution in [3.63, 3.8) is 0 Å². The summed E-state index contributed by atoms with van der Waals surface area (Å²) < 4.78 is 27.1. The van der Waals surface area contributed by atoms with Crippen LogP contribution >= 0.6 is 31.9 Å². The topological polar surface area (TPSA) is 57.6 Å². The highest BCUT2D eigenvalue weighted by Gasteiger charge is 2.54. The molecule has 1 heterocycles. The first-order chi connectivity index (χ1) is 14.7. The molecule has 1 aliphatic heterocycles. The number of hydrogen-bond acceptors (Lipinski definition) is 4. The van der Waals surface area contributed by atoms with Crippen molar-refractivity contribution in [1.82, 2.24) is 4.90 Å². The van der Waals surface area contributed by atoms with Crippen LogP contribution in [0, 0.1) is 0 Å². The monoisotopic (exact) mass is 563 g/mol. The summed E-state index contributed by atoms with van der Waals surface area (Å²) in [7, 11) is -3.57. The van der Waals surface area contributed by atoms with Crippen LogP contribution in [0.4, 0.5) is 0 Å². The van der Waals surface area contributed by atoms with Crippen molar-refractivity contribution >= 4 is 41.7 Å². The van der Waals surface area contributed by atoms with Gasteiger partial charge >= 0.3 is 0 Å². The molecule has 1 fully saturated rings. The lowest BCUT2D eigenvalue weighted by atomic mass is 9.83. The maximum atomic E-state index is 12.8. The van der Waals surface area contributed by atoms with E-state index in [1.807, 2.05) is 42.5 Å². The molecule has 0 aromatic heterocycles. The van der Waals surface area contributed by atoms with E-state index in [1.54, 1.807) is 12.1 Å². The van der Waals surface area contributed by atoms with Crippen LogP contribution in [-0.2, 0) is 9.84 Å². The van der Waals surface area contributed by atoms with Crippen molar-refractivity contribution in [3.05, 3.63) is 104 Å². The Kier molecular flexibility index (Phi) is 6.43. The maximum absolute atomic E-state index is 12.8. The summed E-state index contributed by atoms with van der Waals surface area (Å²) in [6.07, 6.45) is 1.19. The van der Waals surface area contributed by atoms with Crippen LogP contribution in [0.3, 0.4) is 0 Å². The van der Waals surface area contributed by atoms with Gasteiger partial charge in [0.05, 0.1) is 6.04 Å². The molecule has 0 spiro atoms. The normalized spacial score (nSPS) is 17.3. The third kappa shape index (κ3) is 4.81. The molecule has 1 atom stereocenters. The lowest BCUT2D eigenvalue weighted by molar-refractivity contribution is -0.112. The molecular weight excluding hydrogens is 542 g/mol. The van der Waals surface area contributed by atoms with E-state index in [1.165, 1.54) is 6.26 Å². The standard InChI is InChI=1S/C24H23Br2NO3S/c1-31(29,30)23(19-12-20(25)14-21(26)13-19)24(28)15-27(16-24)22(17-8-4-2-5-9-17)18-10-6-3-7-11-18/h2-14,22-23,28H,15-16H2,1H3. The predicted molar refractivity (Wildman–Crippen MR) is 131 cm³/mol. The minimum absolute atomic E-state index is 0.0582. The average Bonchev–Trinajstić information content (AvgIpc) is 2.67. The molecule has 4 nitrogen and oxygen atoms in total. The zero-order valence-electron chi connectivity index (χ0n) is 16.9. The summed E-state index contributed by atoms with van der Waals surface area (Å²) in [6, 6.07) is 25.5. The molecule has 3 aromatic carbocycles. The number of halogens is 2. The highest BCUT2D eigenvalue weighted by atomic mass is 79.9. The van der Waals surface area contributed by atoms with E-state index < -0.39 is 20.7 Å². The van der Waals surface area contributed by atoms with Crippen molar-refractivity contribution in [2.45, 2.75) is 16.9 Å². The summed E-state index contributed by atoms with van der Waals surface area (Å²) in [6.45, 7) is 0.507. The summed E-state index contributed by atoms with van der Waals surface area (Å²) in [5.41, 5.74) is 1.41. The van der Waals surface area contributed by atoms with Gasteiger partial charge in [-0.05, 0) is 34.9 Å². The lowest BCUT2D eigenvalue weighted by Crippen LogP contribution is -2.66. The van der Waals surface area contributed by atoms with E-state index >= 15 is 0 Å². The largest absolute Gasteiger partial charge is 0.385 e. The van der Waals surface area contributed by atoms with E-state index in [4.69, 9.17) is 0 Å². The number of aliphatic hydroxyl groups is 1. The quantitative estimate of drug-likeness (QED) is 0.451. The number of sulfone groups is 1. The molecule has 31 heavy (non-hydrogen) atoms. The third-order valence-electron chi connectivity index (χ3n) is 5.65. The van der Waals surface area contributed by atoms with Crippen molar-refractivity contribution in [1.29, 1.82) is 0 Å². The van der Waals surface area contributed by atoms with E-state index in [0.717, 1.165) is 20.1 Å². The molecule has 1 saturated heterocycles. The van der Waals surface area contributed by atoms with Gasteiger partial charge in [0.25, 0.3) is 0 Å². The Morgan fingerprint density at radius 3 is 1.71 bits per heavy atom. The van der Waals surface area contributed by atoms with Gasteiger partial charge in [0.2, 0.25) is 0 Å². The number of nitrogens with zero attached hydrogens (tertiary/aromatic N) is 1. The number of likely N-dealkylation sites (tertiary alicyclic amines) is 1. The molecule has 0 amide bonds. The zero-order chi connectivity index (χ0) is 22.2. The fraction of sp³-hybridized carbons (Fsp3) is 0.250. The van der Waals surface area contributed by atoms with Gasteiger partial charge in [0.1, 0.15) is 10.9 Å². The van der Waals surface area contributed by atoms with Crippen LogP contribution in [-0.4, -0.2) is 43.4 Å². The van der Waals surface area contributed by atoms with Gasteiger partial charge in [-0.15, -0.1) is 0 Å². The van der Waals surface area contributed by atoms with Crippen LogP contribution in [0.5, 0.6) is 0 Å². The van der Waals surface area contributed by atoms with Gasteiger partial charge in [-0.1, -0.05) is 92.5 Å². The molecule has 0 aliphatic carbocycles. The molecule has 1 unspecified atom stereocenters. The van der Waals surface area contributed by atoms with E-state index in [2.05, 4.69) is 61.0 Å². The zero-order valence-corrected chi connectivity index (χ0v) is 20.9. The van der Waals surface area contributed by atoms with Gasteiger partial charge in [0.15, 0.2) is 9.84 Å². The Morgan fingerprint density at radius 1 is 0.839 bits per heavy atom. The van der Waals surface area contributed by atoms with Crippen LogP contribution < -0.4 is 0 Å². The fourth-order valence-electron chi connectivity index (χ4n) is 4.57. The Bertz CT molecular complexity index is 1100. The number of β-amino-alcohol motifs (C(OH)–C–C–N with tert-alkyl or cyclic N) is 1. The number of rotatable bonds is 6. The molecule has 1 aliphatic rings. The maximum Gasteiger partial charge on any atom is 0.157 e. The van der Waals surface area contributed by atoms with Gasteiger partial charge in [-0.2, -0.15) is 0 Å². The first kappa shape index (κ1) is 22.7. The second-order valence-corrected chi connectivity index (χ2v) is 12.1. The smallest absolute Gasteiger partial charge is 0.157 e. The molecule has 0 radical (unpaired) electrons. The molecule has 1 N–H and O–H groups in total. The van der Waals surface area contributed by atoms with E-state index in [9.17, 15) is 13.5 Å². The van der Waals surface area contributed by atoms with Crippen LogP contribution in [0.1, 0.15) is 28.0 Å². The average molecular weight is 565 g/mol. The Morgan fingerprint density at radius 2 is 1.29 bits per heavy atom. The minimum atomic E-state index is -3.57. The van der Waals surface area contributed by atoms with Crippen LogP contribution in [0.2, 0.25) is 0 Å². The van der Waals surface area contributed by atoms with Crippen molar-refractivity contribution < 1.29 is 13.5 Å². The van der Waals surface area contributed by atoms with Crippen molar-refractivity contribution in [2.75, 3.05) is 19.3 Å². The predicted octanol–water partition coefficient (Wildman–Crippen LogP) is 5.13. The van der Waals surface area contributed by atoms with Crippen molar-refractivity contribution in [3.8, 4) is 0 Å². The van der Waals surface area contributed by atoms with E-state index in [0.29, 0.717) is 5.56 Å². The molecule has 7 heteroatoms. The Balaban J connectivity index is 1.69. The summed E-state index contributed by atoms with van der Waals surface area (Å²) >= 11 is 6.87. The first-order valence-electron chi connectivity index (χ1n) is 9.88. The molecule has 162 valence electrons. The summed E-state index contributed by atoms with van der Waals surface area (Å²) in [5.74, 6) is 0. The molecule has 0 bridgehead atoms. The first-order valence-corrected chi connectivity index (χ1v) is 13.4. The van der Waals surface area contributed by atoms with Crippen LogP contribution in [0.15, 0.2) is 87.8 Å². The van der Waals surface area contributed by atoms with Gasteiger partial charge < -0.3 is 5.11 Å². The second-order valence-electron chi connectivity index (χ2n) is 8.14. The van der Waals surface area contributed by atoms with Crippen molar-refractivity contribution in [2.24, 2.45) is 0 Å². The number of hydrogen-bond donors (Lipinski definition) is 1. The van der Waals surface area contributed by atoms with Gasteiger partial charge in [0, 0.05) is 28.3 Å². The van der Waals surface area contributed by atoms with Gasteiger partial charge in [-0.3, -0.25) is 4.90 Å². The Labute approximate surface area is 200 Å². The highest BCUT2D eigenvalue weighted by Crippen LogP contribution is 2.45. The Hall–Kier alpha value is -1.51. The lowest BCUT2D eigenvalue weighted by Gasteiger charge is -2.53. The SMILES string of the molecule is CS(=O)(=O)C(c1cc(Br)cc(Br)c1)C1(O)CN(C(c2ccccc2)c2ccccc2)C1. The fourth-order valence-corrected chi connectivity index (χ4v) is 7.48.